The minimum Gasteiger partial charge on any atom is -0.169 e. The summed E-state index contributed by atoms with van der Waals surface area (Å²) in [6.45, 7) is 7.02. The number of hydroxylamine groups is 1. The summed E-state index contributed by atoms with van der Waals surface area (Å²) in [5.41, 5.74) is 2.64. The second-order valence-electron chi connectivity index (χ2n) is 1.75. The minimum absolute atomic E-state index is 0.858. The van der Waals surface area contributed by atoms with Gasteiger partial charge in [0.2, 0.25) is 0 Å². The van der Waals surface area contributed by atoms with Crippen LogP contribution in [0.25, 0.3) is 0 Å². The van der Waals surface area contributed by atoms with E-state index < -0.39 is 0 Å². The lowest BCUT2D eigenvalue weighted by molar-refractivity contribution is -0.222. The van der Waals surface area contributed by atoms with Crippen molar-refractivity contribution in [2.45, 2.75) is 40.0 Å². The highest BCUT2D eigenvalue weighted by atomic mass is 127. The van der Waals surface area contributed by atoms with Crippen LogP contribution in [0.4, 0.5) is 0 Å². The van der Waals surface area contributed by atoms with E-state index >= 15 is 0 Å². The van der Waals surface area contributed by atoms with Crippen molar-refractivity contribution in [2.75, 3.05) is 6.54 Å². The minimum atomic E-state index is 0.858. The lowest BCUT2D eigenvalue weighted by Gasteiger charge is -1.98. The molecule has 0 radical (unpaired) electrons. The first kappa shape index (κ1) is 14.2. The molecule has 0 spiro atoms. The van der Waals surface area contributed by atoms with Gasteiger partial charge in [-0.25, -0.2) is 0 Å². The van der Waals surface area contributed by atoms with Gasteiger partial charge in [0.15, 0.2) is 23.0 Å². The molecule has 0 saturated heterocycles. The van der Waals surface area contributed by atoms with Crippen molar-refractivity contribution in [2.24, 2.45) is 0 Å². The molecule has 0 heterocycles. The highest BCUT2D eigenvalue weighted by molar-refractivity contribution is 14.1. The molecule has 0 aromatic carbocycles. The van der Waals surface area contributed by atoms with Crippen LogP contribution in [0.5, 0.6) is 0 Å². The second kappa shape index (κ2) is 16.9. The summed E-state index contributed by atoms with van der Waals surface area (Å²) in [6.07, 6.45) is 3.60. The van der Waals surface area contributed by atoms with E-state index in [1.54, 1.807) is 23.0 Å². The van der Waals surface area contributed by atoms with E-state index in [-0.39, 0.29) is 0 Å². The van der Waals surface area contributed by atoms with E-state index in [2.05, 4.69) is 20.6 Å². The smallest absolute Gasteiger partial charge is 0.157 e. The average molecular weight is 275 g/mol. The fourth-order valence-electron chi connectivity index (χ4n) is 0.511. The maximum Gasteiger partial charge on any atom is 0.157 e. The van der Waals surface area contributed by atoms with Crippen LogP contribution >= 0.6 is 23.0 Å². The van der Waals surface area contributed by atoms with Gasteiger partial charge in [-0.15, -0.1) is 8.21 Å². The molecule has 0 atom stereocenters. The molecule has 0 aliphatic heterocycles. The lowest BCUT2D eigenvalue weighted by Crippen LogP contribution is -2.13. The van der Waals surface area contributed by atoms with Crippen molar-refractivity contribution in [1.29, 1.82) is 0 Å². The molecular formula is C7H18INO2. The molecule has 0 saturated carbocycles. The van der Waals surface area contributed by atoms with Crippen LogP contribution < -0.4 is 5.48 Å². The topological polar surface area (TPSA) is 30.5 Å². The third kappa shape index (κ3) is 18.0. The Balaban J connectivity index is 0. The lowest BCUT2D eigenvalue weighted by atomic mass is 10.3. The van der Waals surface area contributed by atoms with Gasteiger partial charge in [-0.2, -0.15) is 5.48 Å². The van der Waals surface area contributed by atoms with Crippen molar-refractivity contribution in [1.82, 2.24) is 5.48 Å². The van der Waals surface area contributed by atoms with Crippen molar-refractivity contribution in [3.05, 3.63) is 0 Å². The zero-order chi connectivity index (χ0) is 8.95. The SMILES string of the molecule is CC.CCCCCNOOI. The summed E-state index contributed by atoms with van der Waals surface area (Å²) < 4.78 is 4.28. The third-order valence-electron chi connectivity index (χ3n) is 0.973. The standard InChI is InChI=1S/C5H12INO2.C2H6/c1-2-3-4-5-7-9-8-6;1-2/h7H,2-5H2,1H3;1-2H3. The van der Waals surface area contributed by atoms with Gasteiger partial charge < -0.3 is 0 Å². The van der Waals surface area contributed by atoms with Crippen molar-refractivity contribution in [3.8, 4) is 0 Å². The van der Waals surface area contributed by atoms with E-state index in [9.17, 15) is 0 Å². The molecule has 0 amide bonds. The zero-order valence-corrected chi connectivity index (χ0v) is 9.68. The molecule has 0 unspecified atom stereocenters. The summed E-state index contributed by atoms with van der Waals surface area (Å²) in [5.74, 6) is 0. The quantitative estimate of drug-likeness (QED) is 0.350. The molecule has 0 aromatic rings. The fourth-order valence-corrected chi connectivity index (χ4v) is 0.638. The summed E-state index contributed by atoms with van der Waals surface area (Å²) in [4.78, 5) is 4.42. The Labute approximate surface area is 83.4 Å². The molecule has 0 bridgehead atoms. The van der Waals surface area contributed by atoms with E-state index in [1.165, 1.54) is 12.8 Å². The van der Waals surface area contributed by atoms with Gasteiger partial charge in [0.1, 0.15) is 0 Å². The van der Waals surface area contributed by atoms with Crippen molar-refractivity contribution in [3.63, 3.8) is 0 Å². The molecule has 3 nitrogen and oxygen atoms in total. The predicted molar refractivity (Wildman–Crippen MR) is 55.1 cm³/mol. The molecule has 0 aliphatic rings. The van der Waals surface area contributed by atoms with Crippen LogP contribution in [-0.2, 0) is 8.21 Å². The van der Waals surface area contributed by atoms with Crippen LogP contribution in [0.1, 0.15) is 40.0 Å². The second-order valence-corrected chi connectivity index (χ2v) is 2.11. The molecule has 4 heteroatoms. The zero-order valence-electron chi connectivity index (χ0n) is 7.52. The molecule has 0 aliphatic carbocycles. The molecule has 0 aromatic heterocycles. The number of halogens is 1. The van der Waals surface area contributed by atoms with Gasteiger partial charge in [-0.3, -0.25) is 0 Å². The number of nitrogens with one attached hydrogen (secondary N) is 1. The molecular weight excluding hydrogens is 257 g/mol. The molecule has 11 heavy (non-hydrogen) atoms. The Morgan fingerprint density at radius 2 is 1.91 bits per heavy atom. The van der Waals surface area contributed by atoms with Gasteiger partial charge in [0.05, 0.1) is 0 Å². The monoisotopic (exact) mass is 275 g/mol. The van der Waals surface area contributed by atoms with Crippen molar-refractivity contribution >= 4 is 23.0 Å². The van der Waals surface area contributed by atoms with E-state index in [1.807, 2.05) is 13.8 Å². The summed E-state index contributed by atoms with van der Waals surface area (Å²) in [5, 5.41) is 0. The van der Waals surface area contributed by atoms with Crippen LogP contribution in [0.3, 0.4) is 0 Å². The number of rotatable bonds is 6. The largest absolute Gasteiger partial charge is 0.169 e. The maximum absolute atomic E-state index is 4.42. The molecule has 70 valence electrons. The first-order valence-electron chi connectivity index (χ1n) is 4.09. The Morgan fingerprint density at radius 3 is 2.36 bits per heavy atom. The van der Waals surface area contributed by atoms with Gasteiger partial charge >= 0.3 is 0 Å². The Bertz CT molecular complexity index is 49.7. The first-order chi connectivity index (χ1) is 5.41. The normalized spacial score (nSPS) is 8.73. The molecule has 1 N–H and O–H groups in total. The van der Waals surface area contributed by atoms with Crippen molar-refractivity contribution < 1.29 is 8.21 Å². The number of unbranched alkanes of at least 4 members (excludes halogenated alkanes) is 2. The van der Waals surface area contributed by atoms with Gasteiger partial charge in [-0.1, -0.05) is 33.6 Å². The van der Waals surface area contributed by atoms with E-state index in [4.69, 9.17) is 0 Å². The summed E-state index contributed by atoms with van der Waals surface area (Å²) in [6, 6.07) is 0. The van der Waals surface area contributed by atoms with Crippen LogP contribution in [0, 0.1) is 0 Å². The van der Waals surface area contributed by atoms with Crippen LogP contribution in [0.15, 0.2) is 0 Å². The predicted octanol–water partition coefficient (Wildman–Crippen LogP) is 3.01. The maximum atomic E-state index is 4.42. The van der Waals surface area contributed by atoms with Crippen LogP contribution in [0.2, 0.25) is 0 Å². The Hall–Kier alpha value is 0.610. The van der Waals surface area contributed by atoms with Crippen LogP contribution in [-0.4, -0.2) is 6.54 Å². The third-order valence-corrected chi connectivity index (χ3v) is 1.15. The fraction of sp³-hybridized carbons (Fsp3) is 1.00. The molecule has 0 fully saturated rings. The Morgan fingerprint density at radius 1 is 1.27 bits per heavy atom. The van der Waals surface area contributed by atoms with E-state index in [0.717, 1.165) is 13.0 Å². The first-order valence-corrected chi connectivity index (χ1v) is 4.97. The number of hydrogen-bond acceptors (Lipinski definition) is 3. The summed E-state index contributed by atoms with van der Waals surface area (Å²) >= 11 is 1.66. The summed E-state index contributed by atoms with van der Waals surface area (Å²) in [7, 11) is 0. The molecule has 0 rings (SSSR count). The number of hydrogen-bond donors (Lipinski definition) is 1. The highest BCUT2D eigenvalue weighted by Gasteiger charge is 1.84. The van der Waals surface area contributed by atoms with E-state index in [0.29, 0.717) is 0 Å². The van der Waals surface area contributed by atoms with Gasteiger partial charge in [-0.05, 0) is 6.42 Å². The van der Waals surface area contributed by atoms with Gasteiger partial charge in [0, 0.05) is 6.54 Å². The highest BCUT2D eigenvalue weighted by Crippen LogP contribution is 1.91. The average Bonchev–Trinajstić information content (AvgIpc) is 2.08. The Kier molecular flexibility index (Phi) is 21.8. The van der Waals surface area contributed by atoms with Gasteiger partial charge in [0.25, 0.3) is 0 Å².